The van der Waals surface area contributed by atoms with Crippen molar-refractivity contribution in [2.24, 2.45) is 5.73 Å². The lowest BCUT2D eigenvalue weighted by Crippen LogP contribution is -2.42. The molecule has 1 rings (SSSR count). The molecule has 0 aliphatic heterocycles. The third-order valence-electron chi connectivity index (χ3n) is 2.23. The molecule has 1 amide bonds. The van der Waals surface area contributed by atoms with Gasteiger partial charge >= 0.3 is 0 Å². The van der Waals surface area contributed by atoms with E-state index in [-0.39, 0.29) is 12.5 Å². The van der Waals surface area contributed by atoms with Gasteiger partial charge in [-0.2, -0.15) is 0 Å². The van der Waals surface area contributed by atoms with Gasteiger partial charge < -0.3 is 20.9 Å². The van der Waals surface area contributed by atoms with Gasteiger partial charge in [0.25, 0.3) is 0 Å². The minimum absolute atomic E-state index is 0.352. The topological polar surface area (TPSA) is 84.6 Å². The Kier molecular flexibility index (Phi) is 5.45. The first-order valence-corrected chi connectivity index (χ1v) is 5.53. The van der Waals surface area contributed by atoms with E-state index >= 15 is 0 Å². The van der Waals surface area contributed by atoms with Gasteiger partial charge in [0.1, 0.15) is 11.8 Å². The molecule has 0 heterocycles. The van der Waals surface area contributed by atoms with Crippen LogP contribution in [0.15, 0.2) is 24.3 Å². The molecule has 0 bridgehead atoms. The van der Waals surface area contributed by atoms with Gasteiger partial charge in [-0.05, 0) is 24.6 Å². The molecule has 17 heavy (non-hydrogen) atoms. The Labute approximate surface area is 101 Å². The maximum atomic E-state index is 11.3. The SMILES string of the molecule is CCOc1ccc(CNC(=O)C(N)CO)cc1. The van der Waals surface area contributed by atoms with E-state index in [4.69, 9.17) is 15.6 Å². The van der Waals surface area contributed by atoms with Crippen molar-refractivity contribution in [2.45, 2.75) is 19.5 Å². The molecule has 94 valence electrons. The maximum Gasteiger partial charge on any atom is 0.239 e. The van der Waals surface area contributed by atoms with Crippen LogP contribution in [0.5, 0.6) is 5.75 Å². The van der Waals surface area contributed by atoms with Crippen LogP contribution >= 0.6 is 0 Å². The Balaban J connectivity index is 2.44. The van der Waals surface area contributed by atoms with Gasteiger partial charge in [0.15, 0.2) is 0 Å². The predicted molar refractivity (Wildman–Crippen MR) is 64.5 cm³/mol. The predicted octanol–water partition coefficient (Wildman–Crippen LogP) is 0.0211. The van der Waals surface area contributed by atoms with Gasteiger partial charge in [-0.1, -0.05) is 12.1 Å². The van der Waals surface area contributed by atoms with E-state index in [0.29, 0.717) is 13.2 Å². The molecule has 0 spiro atoms. The first kappa shape index (κ1) is 13.5. The fraction of sp³-hybridized carbons (Fsp3) is 0.417. The number of amides is 1. The summed E-state index contributed by atoms with van der Waals surface area (Å²) in [6.07, 6.45) is 0. The van der Waals surface area contributed by atoms with Gasteiger partial charge in [0.2, 0.25) is 5.91 Å². The molecular formula is C12H18N2O3. The molecule has 0 saturated heterocycles. The molecule has 0 fully saturated rings. The molecular weight excluding hydrogens is 220 g/mol. The zero-order valence-corrected chi connectivity index (χ0v) is 9.85. The summed E-state index contributed by atoms with van der Waals surface area (Å²) in [5, 5.41) is 11.3. The van der Waals surface area contributed by atoms with Gasteiger partial charge in [-0.3, -0.25) is 4.79 Å². The number of hydrogen-bond acceptors (Lipinski definition) is 4. The highest BCUT2D eigenvalue weighted by molar-refractivity contribution is 5.81. The van der Waals surface area contributed by atoms with E-state index in [1.807, 2.05) is 31.2 Å². The number of nitrogens with one attached hydrogen (secondary N) is 1. The van der Waals surface area contributed by atoms with E-state index in [9.17, 15) is 4.79 Å². The van der Waals surface area contributed by atoms with Crippen LogP contribution in [0.2, 0.25) is 0 Å². The van der Waals surface area contributed by atoms with E-state index in [2.05, 4.69) is 5.32 Å². The number of rotatable bonds is 6. The van der Waals surface area contributed by atoms with Crippen LogP contribution in [0.3, 0.4) is 0 Å². The normalized spacial score (nSPS) is 11.9. The molecule has 0 radical (unpaired) electrons. The molecule has 5 nitrogen and oxygen atoms in total. The third kappa shape index (κ3) is 4.42. The highest BCUT2D eigenvalue weighted by Gasteiger charge is 2.10. The van der Waals surface area contributed by atoms with Crippen LogP contribution < -0.4 is 15.8 Å². The molecule has 1 unspecified atom stereocenters. The fourth-order valence-corrected chi connectivity index (χ4v) is 1.27. The van der Waals surface area contributed by atoms with Crippen molar-refractivity contribution in [1.82, 2.24) is 5.32 Å². The van der Waals surface area contributed by atoms with Crippen molar-refractivity contribution in [3.05, 3.63) is 29.8 Å². The molecule has 0 aliphatic carbocycles. The molecule has 0 aliphatic rings. The molecule has 1 aromatic rings. The van der Waals surface area contributed by atoms with E-state index in [1.54, 1.807) is 0 Å². The number of carbonyl (C=O) groups excluding carboxylic acids is 1. The van der Waals surface area contributed by atoms with Crippen molar-refractivity contribution < 1.29 is 14.6 Å². The Morgan fingerprint density at radius 3 is 2.65 bits per heavy atom. The summed E-state index contributed by atoms with van der Waals surface area (Å²) < 4.78 is 5.30. The Hall–Kier alpha value is -1.59. The van der Waals surface area contributed by atoms with Crippen molar-refractivity contribution >= 4 is 5.91 Å². The third-order valence-corrected chi connectivity index (χ3v) is 2.23. The first-order chi connectivity index (χ1) is 8.17. The number of aliphatic hydroxyl groups is 1. The van der Waals surface area contributed by atoms with E-state index < -0.39 is 6.04 Å². The molecule has 0 saturated carbocycles. The van der Waals surface area contributed by atoms with E-state index in [1.165, 1.54) is 0 Å². The zero-order valence-electron chi connectivity index (χ0n) is 9.85. The summed E-state index contributed by atoms with van der Waals surface area (Å²) in [6, 6.07) is 6.57. The quantitative estimate of drug-likeness (QED) is 0.652. The maximum absolute atomic E-state index is 11.3. The monoisotopic (exact) mass is 238 g/mol. The lowest BCUT2D eigenvalue weighted by Gasteiger charge is -2.10. The summed E-state index contributed by atoms with van der Waals surface area (Å²) in [5.41, 5.74) is 6.31. The fourth-order valence-electron chi connectivity index (χ4n) is 1.27. The highest BCUT2D eigenvalue weighted by Crippen LogP contribution is 2.11. The number of ether oxygens (including phenoxy) is 1. The molecule has 0 aromatic heterocycles. The second kappa shape index (κ2) is 6.88. The second-order valence-electron chi connectivity index (χ2n) is 3.58. The van der Waals surface area contributed by atoms with Gasteiger partial charge in [-0.25, -0.2) is 0 Å². The molecule has 1 aromatic carbocycles. The number of aliphatic hydroxyl groups excluding tert-OH is 1. The van der Waals surface area contributed by atoms with Crippen LogP contribution in [-0.2, 0) is 11.3 Å². The lowest BCUT2D eigenvalue weighted by molar-refractivity contribution is -0.123. The second-order valence-corrected chi connectivity index (χ2v) is 3.58. The van der Waals surface area contributed by atoms with Crippen LogP contribution in [0.1, 0.15) is 12.5 Å². The van der Waals surface area contributed by atoms with Crippen LogP contribution in [0.4, 0.5) is 0 Å². The lowest BCUT2D eigenvalue weighted by atomic mass is 10.2. The Morgan fingerprint density at radius 2 is 2.12 bits per heavy atom. The summed E-state index contributed by atoms with van der Waals surface area (Å²) in [6.45, 7) is 2.58. The van der Waals surface area contributed by atoms with Crippen LogP contribution in [0, 0.1) is 0 Å². The number of hydrogen-bond donors (Lipinski definition) is 3. The van der Waals surface area contributed by atoms with Gasteiger partial charge in [0, 0.05) is 6.54 Å². The van der Waals surface area contributed by atoms with Crippen LogP contribution in [0.25, 0.3) is 0 Å². The van der Waals surface area contributed by atoms with Crippen molar-refractivity contribution in [3.8, 4) is 5.75 Å². The minimum Gasteiger partial charge on any atom is -0.494 e. The molecule has 1 atom stereocenters. The highest BCUT2D eigenvalue weighted by atomic mass is 16.5. The molecule has 5 heteroatoms. The van der Waals surface area contributed by atoms with Crippen molar-refractivity contribution in [2.75, 3.05) is 13.2 Å². The standard InChI is InChI=1S/C12H18N2O3/c1-2-17-10-5-3-9(4-6-10)7-14-12(16)11(13)8-15/h3-6,11,15H,2,7-8,13H2,1H3,(H,14,16). The van der Waals surface area contributed by atoms with Crippen LogP contribution in [-0.4, -0.2) is 30.3 Å². The largest absolute Gasteiger partial charge is 0.494 e. The smallest absolute Gasteiger partial charge is 0.239 e. The van der Waals surface area contributed by atoms with E-state index in [0.717, 1.165) is 11.3 Å². The number of carbonyl (C=O) groups is 1. The summed E-state index contributed by atoms with van der Waals surface area (Å²) in [4.78, 5) is 11.3. The average Bonchev–Trinajstić information content (AvgIpc) is 2.37. The Bertz CT molecular complexity index is 351. The summed E-state index contributed by atoms with van der Waals surface area (Å²) >= 11 is 0. The Morgan fingerprint density at radius 1 is 1.47 bits per heavy atom. The zero-order chi connectivity index (χ0) is 12.7. The minimum atomic E-state index is -0.863. The number of benzene rings is 1. The average molecular weight is 238 g/mol. The van der Waals surface area contributed by atoms with Gasteiger partial charge in [0.05, 0.1) is 13.2 Å². The first-order valence-electron chi connectivity index (χ1n) is 5.53. The summed E-state index contributed by atoms with van der Waals surface area (Å²) in [5.74, 6) is 0.441. The number of nitrogens with two attached hydrogens (primary N) is 1. The molecule has 4 N–H and O–H groups in total. The van der Waals surface area contributed by atoms with Crippen molar-refractivity contribution in [3.63, 3.8) is 0 Å². The van der Waals surface area contributed by atoms with Crippen molar-refractivity contribution in [1.29, 1.82) is 0 Å². The van der Waals surface area contributed by atoms with Gasteiger partial charge in [-0.15, -0.1) is 0 Å². The summed E-state index contributed by atoms with van der Waals surface area (Å²) in [7, 11) is 0.